The molecule has 0 radical (unpaired) electrons. The number of carbonyl (C=O) groups excluding carboxylic acids is 1. The van der Waals surface area contributed by atoms with Crippen molar-refractivity contribution in [2.24, 2.45) is 5.92 Å². The molecule has 35 heavy (non-hydrogen) atoms. The van der Waals surface area contributed by atoms with E-state index in [0.717, 1.165) is 27.4 Å². The summed E-state index contributed by atoms with van der Waals surface area (Å²) in [5.74, 6) is 0.324. The van der Waals surface area contributed by atoms with Gasteiger partial charge in [0.1, 0.15) is 12.3 Å². The molecule has 1 atom stereocenters. The van der Waals surface area contributed by atoms with E-state index in [2.05, 4.69) is 19.2 Å². The van der Waals surface area contributed by atoms with Crippen LogP contribution in [0.5, 0.6) is 5.75 Å². The van der Waals surface area contributed by atoms with Crippen molar-refractivity contribution < 1.29 is 17.9 Å². The maximum atomic E-state index is 13.8. The Kier molecular flexibility index (Phi) is 8.57. The van der Waals surface area contributed by atoms with Gasteiger partial charge in [0.15, 0.2) is 0 Å². The van der Waals surface area contributed by atoms with E-state index in [-0.39, 0.29) is 17.5 Å². The number of benzene rings is 3. The van der Waals surface area contributed by atoms with Gasteiger partial charge in [0.05, 0.1) is 23.7 Å². The van der Waals surface area contributed by atoms with Crippen molar-refractivity contribution in [3.05, 3.63) is 89.5 Å². The number of anilines is 1. The summed E-state index contributed by atoms with van der Waals surface area (Å²) in [6.45, 7) is 7.57. The Morgan fingerprint density at radius 3 is 2.17 bits per heavy atom. The number of carbonyl (C=O) groups is 1. The molecule has 7 heteroatoms. The van der Waals surface area contributed by atoms with Crippen LogP contribution in [-0.2, 0) is 14.8 Å². The Balaban J connectivity index is 2.00. The Morgan fingerprint density at radius 1 is 0.943 bits per heavy atom. The number of nitrogens with one attached hydrogen (secondary N) is 1. The summed E-state index contributed by atoms with van der Waals surface area (Å²) >= 11 is 0. The third-order valence-electron chi connectivity index (χ3n) is 5.74. The molecule has 0 aromatic heterocycles. The first-order valence-electron chi connectivity index (χ1n) is 11.7. The van der Waals surface area contributed by atoms with Crippen LogP contribution in [0.1, 0.15) is 43.0 Å². The second-order valence-electron chi connectivity index (χ2n) is 9.16. The van der Waals surface area contributed by atoms with Crippen molar-refractivity contribution in [3.8, 4) is 5.75 Å². The largest absolute Gasteiger partial charge is 0.495 e. The fourth-order valence-corrected chi connectivity index (χ4v) is 5.36. The van der Waals surface area contributed by atoms with Crippen LogP contribution in [0.2, 0.25) is 0 Å². The van der Waals surface area contributed by atoms with E-state index in [1.165, 1.54) is 7.11 Å². The lowest BCUT2D eigenvalue weighted by atomic mass is 9.97. The van der Waals surface area contributed by atoms with Gasteiger partial charge in [-0.3, -0.25) is 9.10 Å². The molecule has 0 saturated carbocycles. The first kappa shape index (κ1) is 26.3. The molecular weight excluding hydrogens is 460 g/mol. The first-order valence-corrected chi connectivity index (χ1v) is 13.1. The summed E-state index contributed by atoms with van der Waals surface area (Å²) in [6.07, 6.45) is 0.730. The van der Waals surface area contributed by atoms with Crippen LogP contribution in [0.3, 0.4) is 0 Å². The lowest BCUT2D eigenvalue weighted by Crippen LogP contribution is -2.42. The molecule has 3 aromatic rings. The van der Waals surface area contributed by atoms with Crippen molar-refractivity contribution in [2.75, 3.05) is 18.0 Å². The summed E-state index contributed by atoms with van der Waals surface area (Å²) in [5.41, 5.74) is 3.10. The molecule has 0 heterocycles. The van der Waals surface area contributed by atoms with Crippen molar-refractivity contribution in [1.29, 1.82) is 0 Å². The third kappa shape index (κ3) is 6.63. The van der Waals surface area contributed by atoms with Crippen LogP contribution < -0.4 is 14.4 Å². The molecule has 0 aliphatic carbocycles. The van der Waals surface area contributed by atoms with E-state index in [0.29, 0.717) is 17.4 Å². The predicted octanol–water partition coefficient (Wildman–Crippen LogP) is 5.41. The van der Waals surface area contributed by atoms with E-state index in [9.17, 15) is 13.2 Å². The molecule has 1 amide bonds. The number of methoxy groups -OCH3 is 1. The van der Waals surface area contributed by atoms with E-state index >= 15 is 0 Å². The zero-order chi connectivity index (χ0) is 25.6. The first-order chi connectivity index (χ1) is 16.6. The molecule has 3 rings (SSSR count). The number of hydrogen-bond donors (Lipinski definition) is 1. The molecule has 6 nitrogen and oxygen atoms in total. The molecule has 0 bridgehead atoms. The summed E-state index contributed by atoms with van der Waals surface area (Å²) in [6, 6.07) is 21.4. The molecule has 0 spiro atoms. The third-order valence-corrected chi connectivity index (χ3v) is 7.52. The number of sulfonamides is 1. The second kappa shape index (κ2) is 11.4. The van der Waals surface area contributed by atoms with Gasteiger partial charge >= 0.3 is 0 Å². The summed E-state index contributed by atoms with van der Waals surface area (Å²) < 4.78 is 34.2. The number of hydrogen-bond acceptors (Lipinski definition) is 4. The Morgan fingerprint density at radius 2 is 1.57 bits per heavy atom. The fraction of sp³-hybridized carbons (Fsp3) is 0.321. The summed E-state index contributed by atoms with van der Waals surface area (Å²) in [4.78, 5) is 13.5. The molecule has 3 aromatic carbocycles. The van der Waals surface area contributed by atoms with Crippen molar-refractivity contribution in [2.45, 2.75) is 45.1 Å². The van der Waals surface area contributed by atoms with Gasteiger partial charge in [0.25, 0.3) is 10.0 Å². The van der Waals surface area contributed by atoms with Crippen LogP contribution in [0.15, 0.2) is 77.7 Å². The SMILES string of the molecule is COc1ccc(C)cc1N(CC(=O)N[C@@H](CC(C)C)c1ccccc1)S(=O)(=O)c1ccc(C)cc1. The second-order valence-corrected chi connectivity index (χ2v) is 11.0. The maximum absolute atomic E-state index is 13.8. The molecule has 1 N–H and O–H groups in total. The number of rotatable bonds is 10. The van der Waals surface area contributed by atoms with Gasteiger partial charge in [0.2, 0.25) is 5.91 Å². The predicted molar refractivity (Wildman–Crippen MR) is 140 cm³/mol. The smallest absolute Gasteiger partial charge is 0.264 e. The van der Waals surface area contributed by atoms with Crippen LogP contribution >= 0.6 is 0 Å². The summed E-state index contributed by atoms with van der Waals surface area (Å²) in [5, 5.41) is 3.06. The van der Waals surface area contributed by atoms with Crippen molar-refractivity contribution >= 4 is 21.6 Å². The van der Waals surface area contributed by atoms with Crippen LogP contribution in [-0.4, -0.2) is 28.0 Å². The fourth-order valence-electron chi connectivity index (χ4n) is 3.94. The molecule has 0 unspecified atom stereocenters. The van der Waals surface area contributed by atoms with Crippen LogP contribution in [0, 0.1) is 19.8 Å². The van der Waals surface area contributed by atoms with Crippen LogP contribution in [0.4, 0.5) is 5.69 Å². The average molecular weight is 495 g/mol. The number of nitrogens with zero attached hydrogens (tertiary/aromatic N) is 1. The zero-order valence-corrected chi connectivity index (χ0v) is 21.8. The Labute approximate surface area is 209 Å². The molecule has 0 aliphatic heterocycles. The minimum atomic E-state index is -4.05. The number of amides is 1. The molecule has 0 aliphatic rings. The number of ether oxygens (including phenoxy) is 1. The molecule has 0 saturated heterocycles. The maximum Gasteiger partial charge on any atom is 0.264 e. The van der Waals surface area contributed by atoms with Crippen molar-refractivity contribution in [1.82, 2.24) is 5.32 Å². The van der Waals surface area contributed by atoms with Gasteiger partial charge < -0.3 is 10.1 Å². The lowest BCUT2D eigenvalue weighted by Gasteiger charge is -2.28. The Bertz CT molecular complexity index is 1240. The minimum Gasteiger partial charge on any atom is -0.495 e. The molecule has 186 valence electrons. The summed E-state index contributed by atoms with van der Waals surface area (Å²) in [7, 11) is -2.56. The van der Waals surface area contributed by atoms with Gasteiger partial charge in [-0.2, -0.15) is 0 Å². The van der Waals surface area contributed by atoms with E-state index in [1.807, 2.05) is 50.2 Å². The highest BCUT2D eigenvalue weighted by molar-refractivity contribution is 7.92. The molecule has 0 fully saturated rings. The topological polar surface area (TPSA) is 75.7 Å². The highest BCUT2D eigenvalue weighted by Crippen LogP contribution is 2.33. The monoisotopic (exact) mass is 494 g/mol. The van der Waals surface area contributed by atoms with E-state index in [1.54, 1.807) is 36.4 Å². The van der Waals surface area contributed by atoms with Crippen molar-refractivity contribution in [3.63, 3.8) is 0 Å². The highest BCUT2D eigenvalue weighted by Gasteiger charge is 2.30. The van der Waals surface area contributed by atoms with Gasteiger partial charge in [-0.1, -0.05) is 67.9 Å². The highest BCUT2D eigenvalue weighted by atomic mass is 32.2. The molecular formula is C28H34N2O4S. The average Bonchev–Trinajstić information content (AvgIpc) is 2.82. The van der Waals surface area contributed by atoms with E-state index in [4.69, 9.17) is 4.74 Å². The lowest BCUT2D eigenvalue weighted by molar-refractivity contribution is -0.120. The van der Waals surface area contributed by atoms with E-state index < -0.39 is 15.9 Å². The quantitative estimate of drug-likeness (QED) is 0.409. The normalized spacial score (nSPS) is 12.3. The van der Waals surface area contributed by atoms with Gasteiger partial charge in [-0.15, -0.1) is 0 Å². The minimum absolute atomic E-state index is 0.112. The van der Waals surface area contributed by atoms with Gasteiger partial charge in [0, 0.05) is 0 Å². The number of aryl methyl sites for hydroxylation is 2. The van der Waals surface area contributed by atoms with Crippen LogP contribution in [0.25, 0.3) is 0 Å². The van der Waals surface area contributed by atoms with Gasteiger partial charge in [-0.05, 0) is 61.6 Å². The Hall–Kier alpha value is -3.32. The standard InChI is InChI=1S/C28H34N2O4S/c1-20(2)17-25(23-9-7-6-8-10-23)29-28(31)19-30(26-18-22(4)13-16-27(26)34-5)35(32,33)24-14-11-21(3)12-15-24/h6-16,18,20,25H,17,19H2,1-5H3,(H,29,31)/t25-/m0/s1. The van der Waals surface area contributed by atoms with Gasteiger partial charge in [-0.25, -0.2) is 8.42 Å². The zero-order valence-electron chi connectivity index (χ0n) is 21.0.